The zero-order valence-electron chi connectivity index (χ0n) is 14.0. The lowest BCUT2D eigenvalue weighted by Crippen LogP contribution is -2.29. The van der Waals surface area contributed by atoms with E-state index in [1.54, 1.807) is 4.90 Å². The van der Waals surface area contributed by atoms with E-state index in [2.05, 4.69) is 0 Å². The molecule has 1 aromatic carbocycles. The van der Waals surface area contributed by atoms with Crippen LogP contribution in [0.2, 0.25) is 0 Å². The van der Waals surface area contributed by atoms with Crippen LogP contribution in [0, 0.1) is 0 Å². The third-order valence-electron chi connectivity index (χ3n) is 2.21. The van der Waals surface area contributed by atoms with Gasteiger partial charge in [0.2, 0.25) is 0 Å². The van der Waals surface area contributed by atoms with Crippen molar-refractivity contribution in [1.82, 2.24) is 4.90 Å². The monoisotopic (exact) mass is 194 g/mol. The van der Waals surface area contributed by atoms with E-state index in [0.717, 1.165) is 5.56 Å². The molecule has 1 heteroatoms. The second-order valence-corrected chi connectivity index (χ2v) is 3.36. The Morgan fingerprint density at radius 2 is 2.00 bits per heavy atom. The molecular formula is C13H17N. The predicted octanol–water partition coefficient (Wildman–Crippen LogP) is 2.84. The highest BCUT2D eigenvalue weighted by Gasteiger charge is 2.11. The maximum absolute atomic E-state index is 7.95. The van der Waals surface area contributed by atoms with Gasteiger partial charge in [0.1, 0.15) is 0 Å². The van der Waals surface area contributed by atoms with Gasteiger partial charge in [-0.1, -0.05) is 42.4 Å². The first-order valence-electron chi connectivity index (χ1n) is 7.67. The van der Waals surface area contributed by atoms with E-state index in [1.165, 1.54) is 0 Å². The van der Waals surface area contributed by atoms with Crippen LogP contribution in [0.1, 0.15) is 26.5 Å². The summed E-state index contributed by atoms with van der Waals surface area (Å²) in [6, 6.07) is 9.50. The third kappa shape index (κ3) is 2.46. The highest BCUT2D eigenvalue weighted by molar-refractivity contribution is 5.14. The molecule has 0 aromatic heterocycles. The van der Waals surface area contributed by atoms with Crippen molar-refractivity contribution in [3.63, 3.8) is 0 Å². The minimum Gasteiger partial charge on any atom is -0.298 e. The van der Waals surface area contributed by atoms with E-state index in [9.17, 15) is 0 Å². The summed E-state index contributed by atoms with van der Waals surface area (Å²) in [6.07, 6.45) is -3.98. The first kappa shape index (κ1) is 4.63. The molecule has 0 amide bonds. The van der Waals surface area contributed by atoms with Gasteiger partial charge in [-0.05, 0) is 18.3 Å². The van der Waals surface area contributed by atoms with E-state index < -0.39 is 19.3 Å². The zero-order valence-corrected chi connectivity index (χ0v) is 7.96. The van der Waals surface area contributed by atoms with Crippen LogP contribution < -0.4 is 0 Å². The van der Waals surface area contributed by atoms with Crippen molar-refractivity contribution >= 4 is 0 Å². The van der Waals surface area contributed by atoms with Gasteiger partial charge in [0.15, 0.2) is 0 Å². The molecule has 1 saturated heterocycles. The number of hydrogen-bond acceptors (Lipinski definition) is 1. The predicted molar refractivity (Wildman–Crippen MR) is 60.1 cm³/mol. The number of rotatable bonds is 2. The smallest absolute Gasteiger partial charge is 0.0537 e. The van der Waals surface area contributed by atoms with Crippen LogP contribution >= 0.6 is 0 Å². The van der Waals surface area contributed by atoms with Gasteiger partial charge < -0.3 is 0 Å². The van der Waals surface area contributed by atoms with Gasteiger partial charge in [-0.2, -0.15) is 0 Å². The Labute approximate surface area is 94.5 Å². The van der Waals surface area contributed by atoms with Crippen molar-refractivity contribution in [2.75, 3.05) is 13.1 Å². The molecule has 2 rings (SSSR count). The number of piperidine rings is 1. The van der Waals surface area contributed by atoms with Crippen LogP contribution in [0.3, 0.4) is 0 Å². The van der Waals surface area contributed by atoms with E-state index in [1.807, 2.05) is 30.3 Å². The largest absolute Gasteiger partial charge is 0.298 e. The summed E-state index contributed by atoms with van der Waals surface area (Å²) in [5.41, 5.74) is 0.637. The van der Waals surface area contributed by atoms with Gasteiger partial charge in [-0.25, -0.2) is 0 Å². The summed E-state index contributed by atoms with van der Waals surface area (Å²) >= 11 is 0. The zero-order chi connectivity index (χ0) is 15.0. The van der Waals surface area contributed by atoms with E-state index in [0.29, 0.717) is 6.54 Å². The summed E-state index contributed by atoms with van der Waals surface area (Å²) in [5, 5.41) is 0. The molecule has 0 saturated carbocycles. The molecule has 0 spiro atoms. The van der Waals surface area contributed by atoms with Crippen molar-refractivity contribution in [3.05, 3.63) is 48.0 Å². The van der Waals surface area contributed by atoms with Crippen LogP contribution in [-0.4, -0.2) is 18.0 Å². The van der Waals surface area contributed by atoms with E-state index >= 15 is 0 Å². The minimum absolute atomic E-state index is 0.00199. The SMILES string of the molecule is [2H][13C]([2H])=C1C([2H])([2H])CN(Cc2ccccc2)CC1([2H])[2H]. The van der Waals surface area contributed by atoms with Gasteiger partial charge >= 0.3 is 0 Å². The lowest BCUT2D eigenvalue weighted by molar-refractivity contribution is 0.248. The molecular weight excluding hydrogens is 171 g/mol. The van der Waals surface area contributed by atoms with Crippen LogP contribution in [-0.2, 0) is 6.54 Å². The number of nitrogens with zero attached hydrogens (tertiary/aromatic N) is 1. The normalized spacial score (nSPS) is 31.6. The number of benzene rings is 1. The number of hydrogen-bond donors (Lipinski definition) is 0. The molecule has 74 valence electrons. The second-order valence-electron chi connectivity index (χ2n) is 3.36. The van der Waals surface area contributed by atoms with Crippen molar-refractivity contribution in [2.45, 2.75) is 19.3 Å². The molecule has 0 radical (unpaired) electrons. The quantitative estimate of drug-likeness (QED) is 0.517. The maximum Gasteiger partial charge on any atom is 0.0537 e. The molecule has 1 heterocycles. The molecule has 0 bridgehead atoms. The Morgan fingerprint density at radius 1 is 1.29 bits per heavy atom. The highest BCUT2D eigenvalue weighted by Crippen LogP contribution is 2.16. The van der Waals surface area contributed by atoms with Gasteiger partial charge in [-0.3, -0.25) is 4.90 Å². The Hall–Kier alpha value is -1.08. The Morgan fingerprint density at radius 3 is 2.64 bits per heavy atom. The van der Waals surface area contributed by atoms with Crippen LogP contribution in [0.4, 0.5) is 0 Å². The van der Waals surface area contributed by atoms with Crippen LogP contribution in [0.5, 0.6) is 0 Å². The molecule has 0 unspecified atom stereocenters. The minimum atomic E-state index is -1.99. The summed E-state index contributed by atoms with van der Waals surface area (Å²) in [5.74, 6) is 0. The number of likely N-dealkylation sites (tertiary alicyclic amines) is 1. The molecule has 1 fully saturated rings. The fraction of sp³-hybridized carbons (Fsp3) is 0.385. The lowest BCUT2D eigenvalue weighted by atomic mass is 10.1. The average Bonchev–Trinajstić information content (AvgIpc) is 2.25. The Kier molecular flexibility index (Phi) is 1.46. The van der Waals surface area contributed by atoms with Gasteiger partial charge in [0, 0.05) is 25.1 Å². The van der Waals surface area contributed by atoms with Crippen molar-refractivity contribution in [3.8, 4) is 0 Å². The van der Waals surface area contributed by atoms with E-state index in [-0.39, 0.29) is 18.7 Å². The topological polar surface area (TPSA) is 3.24 Å². The second kappa shape index (κ2) is 4.43. The van der Waals surface area contributed by atoms with Gasteiger partial charge in [0.05, 0.1) is 2.74 Å². The van der Waals surface area contributed by atoms with Gasteiger partial charge in [0.25, 0.3) is 0 Å². The van der Waals surface area contributed by atoms with E-state index in [4.69, 9.17) is 8.22 Å². The standard InChI is InChI=1S/C13H17N/c1-12-7-9-14(10-8-12)11-13-5-3-2-4-6-13/h2-6H,1,7-11H2/i1+1D2,7D2,8D2. The fourth-order valence-corrected chi connectivity index (χ4v) is 1.45. The molecule has 1 aliphatic rings. The first-order valence-corrected chi connectivity index (χ1v) is 4.67. The molecule has 0 aliphatic carbocycles. The maximum atomic E-state index is 7.95. The summed E-state index contributed by atoms with van der Waals surface area (Å²) in [6.45, 7) is -0.298. The molecule has 1 aliphatic heterocycles. The van der Waals surface area contributed by atoms with Crippen molar-refractivity contribution in [2.24, 2.45) is 0 Å². The fourth-order valence-electron chi connectivity index (χ4n) is 1.45. The first-order chi connectivity index (χ1) is 9.22. The average molecular weight is 194 g/mol. The Bertz CT molecular complexity index is 487. The van der Waals surface area contributed by atoms with Crippen molar-refractivity contribution < 1.29 is 8.22 Å². The lowest BCUT2D eigenvalue weighted by Gasteiger charge is -2.27. The van der Waals surface area contributed by atoms with Crippen molar-refractivity contribution in [1.29, 1.82) is 0 Å². The molecule has 14 heavy (non-hydrogen) atoms. The highest BCUT2D eigenvalue weighted by atomic mass is 15.1. The third-order valence-corrected chi connectivity index (χ3v) is 2.21. The summed E-state index contributed by atoms with van der Waals surface area (Å²) in [4.78, 5) is 1.70. The summed E-state index contributed by atoms with van der Waals surface area (Å²) in [7, 11) is 0. The summed E-state index contributed by atoms with van der Waals surface area (Å²) < 4.78 is 46.4. The molecule has 0 N–H and O–H groups in total. The Balaban J connectivity index is 2.24. The van der Waals surface area contributed by atoms with Crippen LogP contribution in [0.25, 0.3) is 0 Å². The molecule has 1 nitrogen and oxygen atoms in total. The molecule has 0 atom stereocenters. The van der Waals surface area contributed by atoms with Crippen LogP contribution in [0.15, 0.2) is 42.4 Å². The molecule has 1 aromatic rings. The van der Waals surface area contributed by atoms with Gasteiger partial charge in [-0.15, -0.1) is 0 Å².